The highest BCUT2D eigenvalue weighted by molar-refractivity contribution is 7.12. The molecule has 1 saturated carbocycles. The second-order valence-corrected chi connectivity index (χ2v) is 8.69. The molecule has 1 spiro atoms. The number of piperidine rings is 1. The summed E-state index contributed by atoms with van der Waals surface area (Å²) in [6.45, 7) is 2.76. The third-order valence-electron chi connectivity index (χ3n) is 6.32. The highest BCUT2D eigenvalue weighted by atomic mass is 32.1. The number of pyridine rings is 1. The van der Waals surface area contributed by atoms with Crippen LogP contribution in [0, 0.1) is 12.8 Å². The van der Waals surface area contributed by atoms with E-state index >= 15 is 0 Å². The first kappa shape index (κ1) is 16.0. The molecule has 3 aliphatic rings. The molecule has 28 heavy (non-hydrogen) atoms. The molecule has 0 radical (unpaired) electrons. The van der Waals surface area contributed by atoms with Gasteiger partial charge in [0, 0.05) is 53.2 Å². The fourth-order valence-corrected chi connectivity index (χ4v) is 6.06. The van der Waals surface area contributed by atoms with Gasteiger partial charge < -0.3 is 9.88 Å². The zero-order valence-electron chi connectivity index (χ0n) is 15.2. The van der Waals surface area contributed by atoms with Gasteiger partial charge in [-0.25, -0.2) is 4.98 Å². The molecule has 2 atom stereocenters. The fraction of sp³-hybridized carbons (Fsp3) is 0.227. The first-order valence-corrected chi connectivity index (χ1v) is 10.2. The molecule has 3 aromatic heterocycles. The maximum atomic E-state index is 13.0. The van der Waals surface area contributed by atoms with Crippen LogP contribution in [0.15, 0.2) is 47.8 Å². The number of nitrogens with one attached hydrogen (secondary N) is 1. The second kappa shape index (κ2) is 5.29. The van der Waals surface area contributed by atoms with E-state index in [1.54, 1.807) is 23.2 Å². The number of hydrogen-bond donors (Lipinski definition) is 1. The number of allylic oxidation sites excluding steroid dienone is 2. The molecule has 4 heterocycles. The number of likely N-dealkylation sites (tertiary alicyclic amines) is 1. The Morgan fingerprint density at radius 1 is 1.46 bits per heavy atom. The number of aryl methyl sites for hydroxylation is 1. The van der Waals surface area contributed by atoms with Crippen molar-refractivity contribution in [2.45, 2.75) is 18.8 Å². The van der Waals surface area contributed by atoms with Crippen molar-refractivity contribution in [2.75, 3.05) is 6.54 Å². The van der Waals surface area contributed by atoms with Crippen molar-refractivity contribution in [2.24, 2.45) is 5.92 Å². The highest BCUT2D eigenvalue weighted by Gasteiger charge is 2.67. The molecule has 0 bridgehead atoms. The van der Waals surface area contributed by atoms with Crippen molar-refractivity contribution in [1.29, 1.82) is 0 Å². The van der Waals surface area contributed by atoms with Gasteiger partial charge in [-0.3, -0.25) is 9.59 Å². The van der Waals surface area contributed by atoms with Gasteiger partial charge in [-0.05, 0) is 54.0 Å². The molecule has 3 aromatic rings. The van der Waals surface area contributed by atoms with E-state index in [4.69, 9.17) is 0 Å². The summed E-state index contributed by atoms with van der Waals surface area (Å²) in [7, 11) is 0. The van der Waals surface area contributed by atoms with Crippen molar-refractivity contribution in [1.82, 2.24) is 14.9 Å². The van der Waals surface area contributed by atoms with Crippen LogP contribution in [0.3, 0.4) is 0 Å². The fourth-order valence-electron chi connectivity index (χ4n) is 5.01. The third kappa shape index (κ3) is 1.93. The number of carbonyl (C=O) groups excluding carboxylic acids is 2. The highest BCUT2D eigenvalue weighted by Crippen LogP contribution is 2.67. The predicted octanol–water partition coefficient (Wildman–Crippen LogP) is 3.83. The summed E-state index contributed by atoms with van der Waals surface area (Å²) in [5.74, 6) is 0.388. The van der Waals surface area contributed by atoms with Crippen LogP contribution < -0.4 is 0 Å². The zero-order chi connectivity index (χ0) is 19.0. The molecular weight excluding hydrogens is 370 g/mol. The summed E-state index contributed by atoms with van der Waals surface area (Å²) in [6, 6.07) is 3.86. The first-order chi connectivity index (χ1) is 13.6. The smallest absolute Gasteiger partial charge is 0.250 e. The van der Waals surface area contributed by atoms with Gasteiger partial charge >= 0.3 is 0 Å². The second-order valence-electron chi connectivity index (χ2n) is 7.81. The SMILES string of the molecule is Cc1csc2c1[C@]13C[C@H]1CN(C(=O)C=Cc1c[nH]c4ncccc14)C3=CC2=O. The summed E-state index contributed by atoms with van der Waals surface area (Å²) in [6.07, 6.45) is 9.77. The summed E-state index contributed by atoms with van der Waals surface area (Å²) in [5, 5.41) is 3.05. The average Bonchev–Trinajstić information content (AvgIpc) is 3.01. The van der Waals surface area contributed by atoms with E-state index in [0.717, 1.165) is 33.6 Å². The summed E-state index contributed by atoms with van der Waals surface area (Å²) >= 11 is 1.53. The van der Waals surface area contributed by atoms with Gasteiger partial charge in [0.15, 0.2) is 5.78 Å². The maximum absolute atomic E-state index is 13.0. The molecule has 1 N–H and O–H groups in total. The lowest BCUT2D eigenvalue weighted by molar-refractivity contribution is -0.123. The van der Waals surface area contributed by atoms with Crippen LogP contribution in [0.25, 0.3) is 17.1 Å². The lowest BCUT2D eigenvalue weighted by Gasteiger charge is -2.27. The number of amides is 1. The number of aromatic amines is 1. The standard InChI is InChI=1S/C22H17N3O2S/c1-12-11-28-20-16(26)7-17-22(19(12)20)8-14(22)10-25(17)18(27)5-4-13-9-24-21-15(13)3-2-6-23-21/h2-7,9,11,14H,8,10H2,1H3,(H,23,24)/t14-,22+/m0/s1. The third-order valence-corrected chi connectivity index (χ3v) is 7.44. The number of carbonyl (C=O) groups is 2. The topological polar surface area (TPSA) is 66.1 Å². The quantitative estimate of drug-likeness (QED) is 0.680. The van der Waals surface area contributed by atoms with Crippen LogP contribution in [-0.2, 0) is 10.2 Å². The van der Waals surface area contributed by atoms with Gasteiger partial charge in [0.05, 0.1) is 4.88 Å². The molecule has 2 fully saturated rings. The van der Waals surface area contributed by atoms with E-state index in [-0.39, 0.29) is 17.1 Å². The lowest BCUT2D eigenvalue weighted by Crippen LogP contribution is -2.32. The minimum Gasteiger partial charge on any atom is -0.346 e. The first-order valence-electron chi connectivity index (χ1n) is 9.36. The number of H-pyrrole nitrogens is 1. The van der Waals surface area contributed by atoms with Crippen molar-refractivity contribution < 1.29 is 9.59 Å². The number of aromatic nitrogens is 2. The maximum Gasteiger partial charge on any atom is 0.250 e. The molecule has 2 aliphatic carbocycles. The Kier molecular flexibility index (Phi) is 3.03. The summed E-state index contributed by atoms with van der Waals surface area (Å²) < 4.78 is 0. The van der Waals surface area contributed by atoms with Crippen LogP contribution in [-0.4, -0.2) is 33.1 Å². The number of fused-ring (bicyclic) bond motifs is 2. The van der Waals surface area contributed by atoms with E-state index in [1.165, 1.54) is 22.5 Å². The van der Waals surface area contributed by atoms with E-state index < -0.39 is 0 Å². The molecule has 138 valence electrons. The van der Waals surface area contributed by atoms with Gasteiger partial charge in [0.1, 0.15) is 5.65 Å². The molecule has 0 unspecified atom stereocenters. The van der Waals surface area contributed by atoms with E-state index in [9.17, 15) is 9.59 Å². The number of ketones is 1. The minimum atomic E-state index is -0.110. The molecule has 1 amide bonds. The number of nitrogens with zero attached hydrogens (tertiary/aromatic N) is 2. The van der Waals surface area contributed by atoms with E-state index in [2.05, 4.69) is 22.3 Å². The van der Waals surface area contributed by atoms with Crippen LogP contribution in [0.1, 0.15) is 32.8 Å². The van der Waals surface area contributed by atoms with Crippen LogP contribution in [0.2, 0.25) is 0 Å². The molecule has 6 rings (SSSR count). The molecule has 1 saturated heterocycles. The summed E-state index contributed by atoms with van der Waals surface area (Å²) in [4.78, 5) is 35.7. The Bertz CT molecular complexity index is 1250. The Morgan fingerprint density at radius 2 is 2.36 bits per heavy atom. The Hall–Kier alpha value is -2.99. The van der Waals surface area contributed by atoms with Crippen LogP contribution in [0.4, 0.5) is 0 Å². The zero-order valence-corrected chi connectivity index (χ0v) is 16.0. The van der Waals surface area contributed by atoms with Gasteiger partial charge in [0.25, 0.3) is 5.91 Å². The van der Waals surface area contributed by atoms with E-state index in [0.29, 0.717) is 12.5 Å². The Balaban J connectivity index is 1.34. The Labute approximate surface area is 165 Å². The molecule has 0 aromatic carbocycles. The van der Waals surface area contributed by atoms with Crippen molar-refractivity contribution in [3.8, 4) is 0 Å². The normalized spacial score (nSPS) is 25.0. The molecular formula is C22H17N3O2S. The largest absolute Gasteiger partial charge is 0.346 e. The predicted molar refractivity (Wildman–Crippen MR) is 108 cm³/mol. The minimum absolute atomic E-state index is 0.0331. The van der Waals surface area contributed by atoms with Gasteiger partial charge in [-0.1, -0.05) is 0 Å². The molecule has 5 nitrogen and oxygen atoms in total. The molecule has 6 heteroatoms. The number of thiophene rings is 1. The van der Waals surface area contributed by atoms with Crippen molar-refractivity contribution in [3.63, 3.8) is 0 Å². The monoisotopic (exact) mass is 387 g/mol. The van der Waals surface area contributed by atoms with Gasteiger partial charge in [0.2, 0.25) is 0 Å². The van der Waals surface area contributed by atoms with E-state index in [1.807, 2.05) is 24.4 Å². The van der Waals surface area contributed by atoms with Crippen molar-refractivity contribution >= 4 is 40.1 Å². The molecule has 1 aliphatic heterocycles. The van der Waals surface area contributed by atoms with Crippen LogP contribution >= 0.6 is 11.3 Å². The number of hydrogen-bond acceptors (Lipinski definition) is 4. The van der Waals surface area contributed by atoms with Gasteiger partial charge in [-0.15, -0.1) is 11.3 Å². The number of rotatable bonds is 2. The summed E-state index contributed by atoms with van der Waals surface area (Å²) in [5.41, 5.74) is 4.87. The van der Waals surface area contributed by atoms with Crippen LogP contribution in [0.5, 0.6) is 0 Å². The van der Waals surface area contributed by atoms with Crippen molar-refractivity contribution in [3.05, 3.63) is 69.3 Å². The Morgan fingerprint density at radius 3 is 3.25 bits per heavy atom. The average molecular weight is 387 g/mol. The van der Waals surface area contributed by atoms with Gasteiger partial charge in [-0.2, -0.15) is 0 Å². The lowest BCUT2D eigenvalue weighted by atomic mass is 9.84.